The lowest BCUT2D eigenvalue weighted by atomic mass is 9.95. The van der Waals surface area contributed by atoms with Gasteiger partial charge in [0.1, 0.15) is 18.1 Å². The second-order valence-corrected chi connectivity index (χ2v) is 18.0. The summed E-state index contributed by atoms with van der Waals surface area (Å²) in [5, 5.41) is 5.16. The van der Waals surface area contributed by atoms with Crippen molar-refractivity contribution >= 4 is 58.2 Å². The highest BCUT2D eigenvalue weighted by molar-refractivity contribution is 6.23. The van der Waals surface area contributed by atoms with E-state index in [4.69, 9.17) is 6.57 Å². The summed E-state index contributed by atoms with van der Waals surface area (Å²) in [5.41, 5.74) is 1.75. The number of piperazine rings is 1. The van der Waals surface area contributed by atoms with Gasteiger partial charge in [-0.25, -0.2) is 4.98 Å². The van der Waals surface area contributed by atoms with Crippen LogP contribution in [0.4, 0.5) is 41.9 Å². The molecule has 2 N–H and O–H groups in total. The number of fused-ring (bicyclic) bond motifs is 1. The van der Waals surface area contributed by atoms with Crippen molar-refractivity contribution in [3.05, 3.63) is 76.9 Å². The molecule has 6 aliphatic rings. The van der Waals surface area contributed by atoms with Crippen molar-refractivity contribution in [2.45, 2.75) is 69.6 Å². The summed E-state index contributed by atoms with van der Waals surface area (Å²) in [5.74, 6) is -2.04. The molecule has 1 aromatic carbocycles. The van der Waals surface area contributed by atoms with E-state index < -0.39 is 47.2 Å². The number of piperidine rings is 4. The van der Waals surface area contributed by atoms with Gasteiger partial charge in [0, 0.05) is 96.1 Å². The third kappa shape index (κ3) is 9.37. The molecule has 0 radical (unpaired) electrons. The monoisotopic (exact) mass is 895 g/mol. The molecule has 342 valence electrons. The van der Waals surface area contributed by atoms with Crippen molar-refractivity contribution in [1.82, 2.24) is 30.0 Å². The fourth-order valence-electron chi connectivity index (χ4n) is 10.4. The summed E-state index contributed by atoms with van der Waals surface area (Å²) in [7, 11) is 0. The van der Waals surface area contributed by atoms with Crippen LogP contribution in [-0.2, 0) is 20.6 Å². The molecule has 0 saturated carbocycles. The van der Waals surface area contributed by atoms with Gasteiger partial charge in [-0.3, -0.25) is 39.1 Å². The molecular formula is C46H52F3N11O5. The minimum atomic E-state index is -4.68. The predicted octanol–water partition coefficient (Wildman–Crippen LogP) is 4.81. The van der Waals surface area contributed by atoms with Crippen molar-refractivity contribution in [2.24, 2.45) is 11.8 Å². The minimum absolute atomic E-state index is 0.0872. The number of alkyl halides is 3. The molecule has 3 aromatic rings. The lowest BCUT2D eigenvalue weighted by molar-refractivity contribution is -0.137. The third-order valence-electron chi connectivity index (χ3n) is 14.2. The van der Waals surface area contributed by atoms with Crippen molar-refractivity contribution in [2.75, 3.05) is 92.0 Å². The van der Waals surface area contributed by atoms with E-state index in [9.17, 15) is 37.1 Å². The maximum absolute atomic E-state index is 13.5. The first-order valence-corrected chi connectivity index (χ1v) is 22.6. The Morgan fingerprint density at radius 3 is 2.03 bits per heavy atom. The number of nitrogens with zero attached hydrogens (tertiary/aromatic N) is 9. The number of carbonyl (C=O) groups is 5. The summed E-state index contributed by atoms with van der Waals surface area (Å²) in [6.45, 7) is 16.6. The van der Waals surface area contributed by atoms with Gasteiger partial charge in [0.15, 0.2) is 0 Å². The number of rotatable bonds is 9. The Labute approximate surface area is 374 Å². The fraction of sp³-hybridized carbons (Fsp3) is 0.522. The largest absolute Gasteiger partial charge is 0.409 e. The minimum Gasteiger partial charge on any atom is -0.371 e. The van der Waals surface area contributed by atoms with E-state index in [1.54, 1.807) is 23.2 Å². The number of carbonyl (C=O) groups excluding carboxylic acids is 5. The quantitative estimate of drug-likeness (QED) is 0.224. The van der Waals surface area contributed by atoms with Crippen molar-refractivity contribution in [1.29, 1.82) is 0 Å². The zero-order valence-corrected chi connectivity index (χ0v) is 36.1. The molecule has 16 nitrogen and oxygen atoms in total. The van der Waals surface area contributed by atoms with E-state index in [2.05, 4.69) is 45.0 Å². The molecule has 5 saturated heterocycles. The molecule has 19 heteroatoms. The first kappa shape index (κ1) is 44.1. The zero-order valence-electron chi connectivity index (χ0n) is 36.1. The van der Waals surface area contributed by atoms with Gasteiger partial charge < -0.3 is 29.8 Å². The Morgan fingerprint density at radius 1 is 0.738 bits per heavy atom. The Bertz CT molecular complexity index is 2360. The zero-order chi connectivity index (χ0) is 45.4. The van der Waals surface area contributed by atoms with Crippen LogP contribution >= 0.6 is 0 Å². The number of halogens is 3. The van der Waals surface area contributed by atoms with E-state index in [-0.39, 0.29) is 30.4 Å². The number of anilines is 4. The van der Waals surface area contributed by atoms with Crippen LogP contribution in [0.3, 0.4) is 0 Å². The van der Waals surface area contributed by atoms with Gasteiger partial charge in [0.25, 0.3) is 17.6 Å². The molecule has 65 heavy (non-hydrogen) atoms. The maximum atomic E-state index is 13.5. The summed E-state index contributed by atoms with van der Waals surface area (Å²) in [6, 6.07) is 9.64. The molecule has 8 heterocycles. The predicted molar refractivity (Wildman–Crippen MR) is 235 cm³/mol. The lowest BCUT2D eigenvalue weighted by Crippen LogP contribution is -2.54. The number of aromatic nitrogens is 2. The first-order chi connectivity index (χ1) is 31.3. The molecule has 0 spiro atoms. The van der Waals surface area contributed by atoms with Gasteiger partial charge in [-0.2, -0.15) is 13.2 Å². The van der Waals surface area contributed by atoms with Crippen molar-refractivity contribution in [3.8, 4) is 0 Å². The first-order valence-electron chi connectivity index (χ1n) is 22.6. The summed E-state index contributed by atoms with van der Waals surface area (Å²) in [6.07, 6.45) is 3.75. The molecule has 1 atom stereocenters. The molecule has 5 amide bonds. The van der Waals surface area contributed by atoms with Gasteiger partial charge >= 0.3 is 6.18 Å². The SMILES string of the molecule is [C-]#[N+]c1ncc(N2CCC(C(=O)Nc3ccc(N4CCC(CN5CCN(C6CCN(c7ccc8c(c7)C(=O)N(C7CCC(=O)NC7=O)C8=O)CC6)CC5)CC4)cn3)CC2)cc1C(F)(F)F. The Kier molecular flexibility index (Phi) is 12.5. The van der Waals surface area contributed by atoms with Gasteiger partial charge in [-0.1, -0.05) is 6.57 Å². The molecule has 5 fully saturated rings. The van der Waals surface area contributed by atoms with Crippen LogP contribution in [0.25, 0.3) is 4.85 Å². The molecule has 1 unspecified atom stereocenters. The van der Waals surface area contributed by atoms with Crippen LogP contribution in [0.2, 0.25) is 0 Å². The second-order valence-electron chi connectivity index (χ2n) is 18.0. The van der Waals surface area contributed by atoms with Crippen LogP contribution < -0.4 is 25.3 Å². The number of hydrogen-bond donors (Lipinski definition) is 2. The second kappa shape index (κ2) is 18.4. The number of hydrogen-bond acceptors (Lipinski definition) is 12. The maximum Gasteiger partial charge on any atom is 0.409 e. The van der Waals surface area contributed by atoms with Gasteiger partial charge in [0.2, 0.25) is 17.7 Å². The summed E-state index contributed by atoms with van der Waals surface area (Å²) >= 11 is 0. The Hall–Kier alpha value is -6.13. The van der Waals surface area contributed by atoms with Gasteiger partial charge in [-0.15, -0.1) is 4.98 Å². The number of nitrogens with one attached hydrogen (secondary N) is 2. The number of imide groups is 2. The molecule has 2 aromatic heterocycles. The number of benzene rings is 1. The van der Waals surface area contributed by atoms with Crippen molar-refractivity contribution in [3.63, 3.8) is 0 Å². The van der Waals surface area contributed by atoms with Crippen LogP contribution in [0.5, 0.6) is 0 Å². The smallest absolute Gasteiger partial charge is 0.371 e. The van der Waals surface area contributed by atoms with E-state index >= 15 is 0 Å². The molecule has 0 aliphatic carbocycles. The molecule has 9 rings (SSSR count). The Balaban J connectivity index is 0.674. The van der Waals surface area contributed by atoms with E-state index in [1.807, 2.05) is 18.2 Å². The highest BCUT2D eigenvalue weighted by atomic mass is 19.4. The summed E-state index contributed by atoms with van der Waals surface area (Å²) < 4.78 is 40.4. The van der Waals surface area contributed by atoms with Crippen LogP contribution in [-0.4, -0.2) is 138 Å². The molecular weight excluding hydrogens is 844 g/mol. The number of amides is 5. The normalized spacial score (nSPS) is 22.3. The van der Waals surface area contributed by atoms with Crippen LogP contribution in [0, 0.1) is 18.4 Å². The standard InChI is InChI=1S/C46H52F3N11O5/c1-50-41-37(46(47,48)49)25-34(27-52-41)58-16-10-30(11-17-58)42(62)53-39-6-3-33(26-51-39)57-14-8-29(9-15-57)28-55-20-22-59(23-21-55)31-12-18-56(19-13-31)32-2-4-35-36(24-32)45(65)60(44(35)64)38-5-7-40(61)54-43(38)63/h2-4,6,24-27,29-31,38H,5,7-23,28H2,(H,51,53,62)(H,54,61,63). The van der Waals surface area contributed by atoms with Gasteiger partial charge in [0.05, 0.1) is 34.3 Å². The average Bonchev–Trinajstić information content (AvgIpc) is 3.56. The highest BCUT2D eigenvalue weighted by Crippen LogP contribution is 2.38. The lowest BCUT2D eigenvalue weighted by Gasteiger charge is -2.44. The van der Waals surface area contributed by atoms with Gasteiger partial charge in [-0.05, 0) is 87.3 Å². The van der Waals surface area contributed by atoms with E-state index in [0.29, 0.717) is 54.8 Å². The molecule has 0 bridgehead atoms. The van der Waals surface area contributed by atoms with E-state index in [1.165, 1.54) is 6.20 Å². The van der Waals surface area contributed by atoms with Crippen LogP contribution in [0.1, 0.15) is 77.6 Å². The van der Waals surface area contributed by atoms with Crippen LogP contribution in [0.15, 0.2) is 48.8 Å². The highest BCUT2D eigenvalue weighted by Gasteiger charge is 2.45. The van der Waals surface area contributed by atoms with Crippen molar-refractivity contribution < 1.29 is 37.1 Å². The Morgan fingerprint density at radius 2 is 1.37 bits per heavy atom. The topological polar surface area (TPSA) is 159 Å². The van der Waals surface area contributed by atoms with E-state index in [0.717, 1.165) is 107 Å². The fourth-order valence-corrected chi connectivity index (χ4v) is 10.4. The number of pyridine rings is 2. The average molecular weight is 896 g/mol. The summed E-state index contributed by atoms with van der Waals surface area (Å²) in [4.78, 5) is 87.5. The third-order valence-corrected chi connectivity index (χ3v) is 14.2. The molecule has 6 aliphatic heterocycles.